The summed E-state index contributed by atoms with van der Waals surface area (Å²) in [5, 5.41) is 3.12. The zero-order chi connectivity index (χ0) is 13.6. The van der Waals surface area contributed by atoms with E-state index >= 15 is 0 Å². The normalized spacial score (nSPS) is 21.7. The Morgan fingerprint density at radius 3 is 2.44 bits per heavy atom. The average molecular weight is 258 g/mol. The van der Waals surface area contributed by atoms with Crippen LogP contribution in [0.2, 0.25) is 0 Å². The smallest absolute Gasteiger partial charge is 0.397 e. The maximum atomic E-state index is 12.4. The number of nitrogen functional groups attached to an aromatic ring is 1. The van der Waals surface area contributed by atoms with Crippen LogP contribution < -0.4 is 11.1 Å². The van der Waals surface area contributed by atoms with Gasteiger partial charge in [0.25, 0.3) is 0 Å². The van der Waals surface area contributed by atoms with Crippen LogP contribution in [0.3, 0.4) is 0 Å². The predicted molar refractivity (Wildman–Crippen MR) is 66.2 cm³/mol. The molecule has 1 saturated carbocycles. The summed E-state index contributed by atoms with van der Waals surface area (Å²) in [6.07, 6.45) is -3.20. The Bertz CT molecular complexity index is 452. The van der Waals surface area contributed by atoms with Crippen molar-refractivity contribution in [3.8, 4) is 0 Å². The van der Waals surface area contributed by atoms with Gasteiger partial charge in [0.05, 0.1) is 16.9 Å². The van der Waals surface area contributed by atoms with Crippen LogP contribution in [0.1, 0.15) is 25.8 Å². The lowest BCUT2D eigenvalue weighted by molar-refractivity contribution is -0.137. The molecular formula is C13H17F3N2. The van der Waals surface area contributed by atoms with Crippen LogP contribution in [-0.2, 0) is 6.18 Å². The van der Waals surface area contributed by atoms with E-state index in [-0.39, 0.29) is 5.69 Å². The van der Waals surface area contributed by atoms with E-state index in [9.17, 15) is 13.2 Å². The SMILES string of the molecule is CC1(C)CC1CNc1ccc(C(F)(F)F)cc1N. The highest BCUT2D eigenvalue weighted by molar-refractivity contribution is 5.67. The zero-order valence-corrected chi connectivity index (χ0v) is 10.4. The molecule has 0 saturated heterocycles. The van der Waals surface area contributed by atoms with Crippen molar-refractivity contribution in [1.29, 1.82) is 0 Å². The van der Waals surface area contributed by atoms with Crippen LogP contribution in [0, 0.1) is 11.3 Å². The molecule has 18 heavy (non-hydrogen) atoms. The molecule has 0 radical (unpaired) electrons. The predicted octanol–water partition coefficient (Wildman–Crippen LogP) is 3.75. The van der Waals surface area contributed by atoms with Crippen molar-refractivity contribution in [2.24, 2.45) is 11.3 Å². The van der Waals surface area contributed by atoms with E-state index in [2.05, 4.69) is 19.2 Å². The Hall–Kier alpha value is -1.39. The number of halogens is 3. The molecule has 0 heterocycles. The van der Waals surface area contributed by atoms with Crippen molar-refractivity contribution < 1.29 is 13.2 Å². The van der Waals surface area contributed by atoms with Crippen molar-refractivity contribution in [1.82, 2.24) is 0 Å². The molecule has 3 N–H and O–H groups in total. The minimum atomic E-state index is -4.34. The fourth-order valence-electron chi connectivity index (χ4n) is 2.06. The molecule has 5 heteroatoms. The summed E-state index contributed by atoms with van der Waals surface area (Å²) in [5.41, 5.74) is 5.98. The van der Waals surface area contributed by atoms with E-state index in [4.69, 9.17) is 5.73 Å². The third-order valence-electron chi connectivity index (χ3n) is 3.64. The summed E-state index contributed by atoms with van der Waals surface area (Å²) in [6, 6.07) is 3.42. The second kappa shape index (κ2) is 4.07. The van der Waals surface area contributed by atoms with Gasteiger partial charge in [0.15, 0.2) is 0 Å². The van der Waals surface area contributed by atoms with Gasteiger partial charge in [-0.1, -0.05) is 13.8 Å². The Morgan fingerprint density at radius 1 is 1.39 bits per heavy atom. The second-order valence-electron chi connectivity index (χ2n) is 5.57. The highest BCUT2D eigenvalue weighted by atomic mass is 19.4. The molecule has 2 rings (SSSR count). The lowest BCUT2D eigenvalue weighted by Crippen LogP contribution is -2.10. The van der Waals surface area contributed by atoms with Crippen LogP contribution in [0.4, 0.5) is 24.5 Å². The number of rotatable bonds is 3. The summed E-state index contributed by atoms with van der Waals surface area (Å²) >= 11 is 0. The molecule has 2 nitrogen and oxygen atoms in total. The molecular weight excluding hydrogens is 241 g/mol. The topological polar surface area (TPSA) is 38.0 Å². The van der Waals surface area contributed by atoms with Crippen molar-refractivity contribution in [2.45, 2.75) is 26.4 Å². The van der Waals surface area contributed by atoms with Crippen molar-refractivity contribution in [2.75, 3.05) is 17.6 Å². The van der Waals surface area contributed by atoms with E-state index in [1.807, 2.05) is 0 Å². The van der Waals surface area contributed by atoms with Gasteiger partial charge in [0.2, 0.25) is 0 Å². The van der Waals surface area contributed by atoms with Gasteiger partial charge in [-0.2, -0.15) is 13.2 Å². The molecule has 0 aliphatic heterocycles. The summed E-state index contributed by atoms with van der Waals surface area (Å²) in [4.78, 5) is 0. The van der Waals surface area contributed by atoms with Crippen LogP contribution in [-0.4, -0.2) is 6.54 Å². The Labute approximate surface area is 104 Å². The summed E-state index contributed by atoms with van der Waals surface area (Å²) < 4.78 is 37.3. The summed E-state index contributed by atoms with van der Waals surface area (Å²) in [5.74, 6) is 0.569. The fraction of sp³-hybridized carbons (Fsp3) is 0.538. The van der Waals surface area contributed by atoms with Crippen LogP contribution in [0.25, 0.3) is 0 Å². The standard InChI is InChI=1S/C13H17F3N2/c1-12(2)6-9(12)7-18-11-4-3-8(5-10(11)17)13(14,15)16/h3-5,9,18H,6-7,17H2,1-2H3. The second-order valence-corrected chi connectivity index (χ2v) is 5.57. The molecule has 1 aromatic rings. The van der Waals surface area contributed by atoms with Crippen LogP contribution in [0.5, 0.6) is 0 Å². The number of alkyl halides is 3. The molecule has 1 atom stereocenters. The minimum Gasteiger partial charge on any atom is -0.397 e. The van der Waals surface area contributed by atoms with E-state index in [0.717, 1.165) is 25.1 Å². The molecule has 0 spiro atoms. The monoisotopic (exact) mass is 258 g/mol. The van der Waals surface area contributed by atoms with Gasteiger partial charge in [-0.3, -0.25) is 0 Å². The van der Waals surface area contributed by atoms with Crippen molar-refractivity contribution in [3.63, 3.8) is 0 Å². The molecule has 1 fully saturated rings. The maximum Gasteiger partial charge on any atom is 0.416 e. The Morgan fingerprint density at radius 2 is 2.00 bits per heavy atom. The van der Waals surface area contributed by atoms with E-state index in [1.54, 1.807) is 0 Å². The van der Waals surface area contributed by atoms with Gasteiger partial charge in [-0.05, 0) is 36.0 Å². The number of hydrogen-bond donors (Lipinski definition) is 2. The van der Waals surface area contributed by atoms with E-state index in [0.29, 0.717) is 17.0 Å². The van der Waals surface area contributed by atoms with Crippen LogP contribution >= 0.6 is 0 Å². The zero-order valence-electron chi connectivity index (χ0n) is 10.4. The molecule has 0 amide bonds. The Kier molecular flexibility index (Phi) is 2.95. The van der Waals surface area contributed by atoms with E-state index < -0.39 is 11.7 Å². The minimum absolute atomic E-state index is 0.142. The lowest BCUT2D eigenvalue weighted by atomic mass is 10.1. The average Bonchev–Trinajstić information content (AvgIpc) is 2.83. The first-order chi connectivity index (χ1) is 8.20. The number of nitrogens with one attached hydrogen (secondary N) is 1. The number of nitrogens with two attached hydrogens (primary N) is 1. The number of benzene rings is 1. The van der Waals surface area contributed by atoms with Gasteiger partial charge >= 0.3 is 6.18 Å². The lowest BCUT2D eigenvalue weighted by Gasteiger charge is -2.13. The molecule has 0 aromatic heterocycles. The van der Waals surface area contributed by atoms with Crippen molar-refractivity contribution in [3.05, 3.63) is 23.8 Å². The summed E-state index contributed by atoms with van der Waals surface area (Å²) in [6.45, 7) is 5.10. The highest BCUT2D eigenvalue weighted by Crippen LogP contribution is 2.51. The van der Waals surface area contributed by atoms with Gasteiger partial charge in [-0.15, -0.1) is 0 Å². The van der Waals surface area contributed by atoms with Gasteiger partial charge in [-0.25, -0.2) is 0 Å². The molecule has 1 aliphatic carbocycles. The molecule has 1 aromatic carbocycles. The maximum absolute atomic E-state index is 12.4. The number of anilines is 2. The molecule has 1 unspecified atom stereocenters. The molecule has 1 aliphatic rings. The third-order valence-corrected chi connectivity index (χ3v) is 3.64. The Balaban J connectivity index is 2.02. The first kappa shape index (κ1) is 13.1. The van der Waals surface area contributed by atoms with Crippen molar-refractivity contribution >= 4 is 11.4 Å². The quantitative estimate of drug-likeness (QED) is 0.810. The van der Waals surface area contributed by atoms with Crippen LogP contribution in [0.15, 0.2) is 18.2 Å². The molecule has 0 bridgehead atoms. The van der Waals surface area contributed by atoms with Gasteiger partial charge in [0, 0.05) is 6.54 Å². The van der Waals surface area contributed by atoms with Gasteiger partial charge in [0.1, 0.15) is 0 Å². The fourth-order valence-corrected chi connectivity index (χ4v) is 2.06. The first-order valence-corrected chi connectivity index (χ1v) is 5.91. The summed E-state index contributed by atoms with van der Waals surface area (Å²) in [7, 11) is 0. The highest BCUT2D eigenvalue weighted by Gasteiger charge is 2.45. The van der Waals surface area contributed by atoms with E-state index in [1.165, 1.54) is 6.07 Å². The number of hydrogen-bond acceptors (Lipinski definition) is 2. The third kappa shape index (κ3) is 2.71. The first-order valence-electron chi connectivity index (χ1n) is 5.91. The molecule has 100 valence electrons. The largest absolute Gasteiger partial charge is 0.416 e. The van der Waals surface area contributed by atoms with Gasteiger partial charge < -0.3 is 11.1 Å².